The molecule has 2 aromatic heterocycles. The molecule has 0 spiro atoms. The summed E-state index contributed by atoms with van der Waals surface area (Å²) in [5, 5.41) is 4.19. The van der Waals surface area contributed by atoms with Crippen molar-refractivity contribution in [1.29, 1.82) is 0 Å². The number of pyridine rings is 1. The first kappa shape index (κ1) is 18.6. The molecule has 0 bridgehead atoms. The van der Waals surface area contributed by atoms with Gasteiger partial charge in [0.25, 0.3) is 5.56 Å². The smallest absolute Gasteiger partial charge is 0.252 e. The van der Waals surface area contributed by atoms with E-state index in [0.717, 1.165) is 15.4 Å². The van der Waals surface area contributed by atoms with E-state index in [1.807, 2.05) is 19.1 Å². The molecular weight excluding hydrogens is 392 g/mol. The van der Waals surface area contributed by atoms with Crippen LogP contribution in [0.4, 0.5) is 5.95 Å². The Hall–Kier alpha value is -2.21. The normalized spacial score (nSPS) is 13.8. The summed E-state index contributed by atoms with van der Waals surface area (Å²) < 4.78 is 2.80. The Morgan fingerprint density at radius 3 is 2.38 bits per heavy atom. The molecule has 2 atom stereocenters. The fourth-order valence-electron chi connectivity index (χ4n) is 2.83. The number of halogens is 1. The number of fused-ring (bicyclic) bond motifs is 1. The van der Waals surface area contributed by atoms with Crippen LogP contribution in [-0.4, -0.2) is 14.5 Å². The third-order valence-electron chi connectivity index (χ3n) is 4.75. The van der Waals surface area contributed by atoms with E-state index in [1.54, 1.807) is 22.9 Å². The van der Waals surface area contributed by atoms with Gasteiger partial charge in [-0.2, -0.15) is 4.98 Å². The van der Waals surface area contributed by atoms with Crippen molar-refractivity contribution in [3.63, 3.8) is 0 Å². The van der Waals surface area contributed by atoms with E-state index in [0.29, 0.717) is 17.5 Å². The van der Waals surface area contributed by atoms with Crippen molar-refractivity contribution in [2.75, 3.05) is 5.32 Å². The summed E-state index contributed by atoms with van der Waals surface area (Å²) in [5.41, 5.74) is 1.77. The van der Waals surface area contributed by atoms with E-state index < -0.39 is 0 Å². The molecule has 1 N–H and O–H groups in total. The Labute approximate surface area is 161 Å². The minimum absolute atomic E-state index is 0.0377. The number of benzene rings is 1. The summed E-state index contributed by atoms with van der Waals surface area (Å²) in [6.45, 7) is 8.31. The van der Waals surface area contributed by atoms with Crippen molar-refractivity contribution < 1.29 is 0 Å². The SMILES string of the molecule is CC(Nc1ncc2ccc(=O)n(C(C)C(C)C)c2n1)c1ccc(Br)cc1. The van der Waals surface area contributed by atoms with Crippen LogP contribution in [-0.2, 0) is 0 Å². The molecule has 0 amide bonds. The Kier molecular flexibility index (Phi) is 5.41. The van der Waals surface area contributed by atoms with E-state index in [1.165, 1.54) is 0 Å². The highest BCUT2D eigenvalue weighted by atomic mass is 79.9. The second-order valence-electron chi connectivity index (χ2n) is 6.92. The largest absolute Gasteiger partial charge is 0.348 e. The van der Waals surface area contributed by atoms with Crippen molar-refractivity contribution in [2.45, 2.75) is 39.8 Å². The van der Waals surface area contributed by atoms with E-state index >= 15 is 0 Å². The van der Waals surface area contributed by atoms with Gasteiger partial charge in [0.05, 0.1) is 6.04 Å². The van der Waals surface area contributed by atoms with Gasteiger partial charge in [-0.05, 0) is 43.5 Å². The molecule has 0 saturated heterocycles. The van der Waals surface area contributed by atoms with E-state index in [9.17, 15) is 4.79 Å². The average Bonchev–Trinajstić information content (AvgIpc) is 2.61. The molecular formula is C20H23BrN4O. The lowest BCUT2D eigenvalue weighted by Gasteiger charge is -2.21. The molecule has 136 valence electrons. The number of aromatic nitrogens is 3. The third kappa shape index (κ3) is 3.80. The monoisotopic (exact) mass is 414 g/mol. The highest BCUT2D eigenvalue weighted by Gasteiger charge is 2.16. The summed E-state index contributed by atoms with van der Waals surface area (Å²) in [6.07, 6.45) is 1.77. The standard InChI is InChI=1S/C20H23BrN4O/c1-12(2)14(4)25-18(26)10-7-16-11-22-20(24-19(16)25)23-13(3)15-5-8-17(21)9-6-15/h5-14H,1-4H3,(H,22,23,24). The van der Waals surface area contributed by atoms with Gasteiger partial charge in [-0.15, -0.1) is 0 Å². The molecule has 3 rings (SSSR count). The highest BCUT2D eigenvalue weighted by Crippen LogP contribution is 2.23. The molecule has 5 nitrogen and oxygen atoms in total. The zero-order valence-corrected chi connectivity index (χ0v) is 17.0. The summed E-state index contributed by atoms with van der Waals surface area (Å²) in [6, 6.07) is 11.6. The highest BCUT2D eigenvalue weighted by molar-refractivity contribution is 9.10. The second kappa shape index (κ2) is 7.58. The summed E-state index contributed by atoms with van der Waals surface area (Å²) >= 11 is 3.45. The van der Waals surface area contributed by atoms with Crippen LogP contribution in [0.3, 0.4) is 0 Å². The zero-order valence-electron chi connectivity index (χ0n) is 15.4. The van der Waals surface area contributed by atoms with Crippen molar-refractivity contribution in [3.05, 3.63) is 63.0 Å². The number of rotatable bonds is 5. The number of nitrogens with zero attached hydrogens (tertiary/aromatic N) is 3. The first-order chi connectivity index (χ1) is 12.4. The summed E-state index contributed by atoms with van der Waals surface area (Å²) in [7, 11) is 0. The third-order valence-corrected chi connectivity index (χ3v) is 5.28. The fraction of sp³-hybridized carbons (Fsp3) is 0.350. The number of hydrogen-bond acceptors (Lipinski definition) is 4. The first-order valence-corrected chi connectivity index (χ1v) is 9.56. The van der Waals surface area contributed by atoms with Crippen LogP contribution >= 0.6 is 15.9 Å². The van der Waals surface area contributed by atoms with Crippen LogP contribution in [0.2, 0.25) is 0 Å². The zero-order chi connectivity index (χ0) is 18.8. The van der Waals surface area contributed by atoms with E-state index in [4.69, 9.17) is 0 Å². The van der Waals surface area contributed by atoms with E-state index in [2.05, 4.69) is 64.1 Å². The van der Waals surface area contributed by atoms with Gasteiger partial charge in [0.1, 0.15) is 5.65 Å². The fourth-order valence-corrected chi connectivity index (χ4v) is 3.09. The molecule has 0 fully saturated rings. The molecule has 6 heteroatoms. The minimum Gasteiger partial charge on any atom is -0.348 e. The van der Waals surface area contributed by atoms with Crippen molar-refractivity contribution in [1.82, 2.24) is 14.5 Å². The number of anilines is 1. The van der Waals surface area contributed by atoms with Crippen LogP contribution in [0.25, 0.3) is 11.0 Å². The van der Waals surface area contributed by atoms with E-state index in [-0.39, 0.29) is 17.6 Å². The number of hydrogen-bond donors (Lipinski definition) is 1. The molecule has 2 unspecified atom stereocenters. The van der Waals surface area contributed by atoms with Crippen LogP contribution in [0.5, 0.6) is 0 Å². The maximum atomic E-state index is 12.4. The molecule has 3 aromatic rings. The molecule has 2 heterocycles. The molecule has 0 aliphatic heterocycles. The van der Waals surface area contributed by atoms with Gasteiger partial charge in [0, 0.05) is 28.2 Å². The molecule has 0 aliphatic carbocycles. The average molecular weight is 415 g/mol. The van der Waals surface area contributed by atoms with Gasteiger partial charge in [0.2, 0.25) is 5.95 Å². The Morgan fingerprint density at radius 2 is 1.73 bits per heavy atom. The van der Waals surface area contributed by atoms with Crippen LogP contribution in [0.1, 0.15) is 45.3 Å². The predicted octanol–water partition coefficient (Wildman–Crippen LogP) is 4.94. The van der Waals surface area contributed by atoms with Gasteiger partial charge in [0.15, 0.2) is 0 Å². The lowest BCUT2D eigenvalue weighted by molar-refractivity contribution is 0.407. The predicted molar refractivity (Wildman–Crippen MR) is 110 cm³/mol. The van der Waals surface area contributed by atoms with Gasteiger partial charge in [-0.25, -0.2) is 4.98 Å². The number of nitrogens with one attached hydrogen (secondary N) is 1. The molecule has 26 heavy (non-hydrogen) atoms. The topological polar surface area (TPSA) is 59.8 Å². The Bertz CT molecular complexity index is 966. The molecule has 1 aromatic carbocycles. The minimum atomic E-state index is -0.0377. The molecule has 0 aliphatic rings. The molecule has 0 saturated carbocycles. The maximum absolute atomic E-state index is 12.4. The summed E-state index contributed by atoms with van der Waals surface area (Å²) in [5.74, 6) is 0.842. The lowest BCUT2D eigenvalue weighted by atomic mass is 10.1. The Balaban J connectivity index is 1.99. The lowest BCUT2D eigenvalue weighted by Crippen LogP contribution is -2.26. The van der Waals surface area contributed by atoms with Crippen molar-refractivity contribution >= 4 is 32.9 Å². The summed E-state index contributed by atoms with van der Waals surface area (Å²) in [4.78, 5) is 21.5. The Morgan fingerprint density at radius 1 is 1.04 bits per heavy atom. The quantitative estimate of drug-likeness (QED) is 0.641. The van der Waals surface area contributed by atoms with Crippen LogP contribution in [0, 0.1) is 5.92 Å². The van der Waals surface area contributed by atoms with Gasteiger partial charge >= 0.3 is 0 Å². The first-order valence-electron chi connectivity index (χ1n) is 8.77. The van der Waals surface area contributed by atoms with Gasteiger partial charge < -0.3 is 5.32 Å². The van der Waals surface area contributed by atoms with Gasteiger partial charge in [-0.1, -0.05) is 41.9 Å². The van der Waals surface area contributed by atoms with Crippen LogP contribution < -0.4 is 10.9 Å². The van der Waals surface area contributed by atoms with Crippen molar-refractivity contribution in [2.24, 2.45) is 5.92 Å². The second-order valence-corrected chi connectivity index (χ2v) is 7.83. The maximum Gasteiger partial charge on any atom is 0.252 e. The van der Waals surface area contributed by atoms with Crippen molar-refractivity contribution in [3.8, 4) is 0 Å². The van der Waals surface area contributed by atoms with Gasteiger partial charge in [-0.3, -0.25) is 9.36 Å². The van der Waals surface area contributed by atoms with Crippen LogP contribution in [0.15, 0.2) is 51.9 Å². The molecule has 0 radical (unpaired) electrons.